The van der Waals surface area contributed by atoms with Crippen molar-refractivity contribution >= 4 is 38.9 Å². The molecule has 94 valence electrons. The summed E-state index contributed by atoms with van der Waals surface area (Å²) in [7, 11) is 0. The number of nitrogens with one attached hydrogen (secondary N) is 2. The number of hydrogen-bond donors (Lipinski definition) is 3. The Hall–Kier alpha value is -0.880. The van der Waals surface area contributed by atoms with Gasteiger partial charge in [-0.05, 0) is 30.8 Å². The zero-order chi connectivity index (χ0) is 12.8. The minimum atomic E-state index is -0.696. The van der Waals surface area contributed by atoms with E-state index in [4.69, 9.17) is 12.2 Å². The van der Waals surface area contributed by atoms with E-state index >= 15 is 0 Å². The maximum Gasteiger partial charge on any atom is 0.175 e. The number of hydrogen-bond acceptors (Lipinski definition) is 2. The highest BCUT2D eigenvalue weighted by Crippen LogP contribution is 2.30. The van der Waals surface area contributed by atoms with Crippen molar-refractivity contribution in [3.05, 3.63) is 22.4 Å². The maximum absolute atomic E-state index is 13.2. The molecular formula is C11H14BrFN2OS. The fraction of sp³-hybridized carbons (Fsp3) is 0.364. The Morgan fingerprint density at radius 3 is 2.88 bits per heavy atom. The second-order valence-electron chi connectivity index (χ2n) is 3.52. The van der Waals surface area contributed by atoms with Crippen molar-refractivity contribution in [3.8, 4) is 5.75 Å². The Balaban J connectivity index is 2.65. The lowest BCUT2D eigenvalue weighted by molar-refractivity contribution is 0.434. The highest BCUT2D eigenvalue weighted by atomic mass is 79.9. The topological polar surface area (TPSA) is 44.3 Å². The Kier molecular flexibility index (Phi) is 5.64. The number of thiocarbonyl (C=S) groups is 1. The molecule has 0 unspecified atom stereocenters. The van der Waals surface area contributed by atoms with Crippen molar-refractivity contribution in [2.75, 3.05) is 11.9 Å². The van der Waals surface area contributed by atoms with Crippen LogP contribution in [0.3, 0.4) is 0 Å². The first-order chi connectivity index (χ1) is 8.04. The lowest BCUT2D eigenvalue weighted by Gasteiger charge is -2.12. The maximum atomic E-state index is 13.2. The largest absolute Gasteiger partial charge is 0.503 e. The van der Waals surface area contributed by atoms with Crippen LogP contribution in [0.25, 0.3) is 0 Å². The van der Waals surface area contributed by atoms with Gasteiger partial charge in [0.15, 0.2) is 16.7 Å². The van der Waals surface area contributed by atoms with E-state index in [0.29, 0.717) is 9.59 Å². The van der Waals surface area contributed by atoms with E-state index in [9.17, 15) is 9.50 Å². The van der Waals surface area contributed by atoms with Crippen LogP contribution >= 0.6 is 28.1 Å². The van der Waals surface area contributed by atoms with Gasteiger partial charge >= 0.3 is 0 Å². The number of aromatic hydroxyl groups is 1. The lowest BCUT2D eigenvalue weighted by Crippen LogP contribution is -2.29. The third kappa shape index (κ3) is 4.47. The van der Waals surface area contributed by atoms with E-state index in [1.807, 2.05) is 0 Å². The number of anilines is 1. The van der Waals surface area contributed by atoms with Gasteiger partial charge in [0.05, 0.1) is 5.69 Å². The quantitative estimate of drug-likeness (QED) is 0.452. The van der Waals surface area contributed by atoms with Crippen LogP contribution in [0.2, 0.25) is 0 Å². The van der Waals surface area contributed by atoms with Gasteiger partial charge in [0, 0.05) is 11.0 Å². The normalized spacial score (nSPS) is 10.1. The Bertz CT molecular complexity index is 415. The molecule has 0 atom stereocenters. The molecule has 0 aliphatic rings. The zero-order valence-corrected chi connectivity index (χ0v) is 11.8. The van der Waals surface area contributed by atoms with Crippen molar-refractivity contribution in [2.45, 2.75) is 19.8 Å². The molecule has 1 rings (SSSR count). The minimum Gasteiger partial charge on any atom is -0.503 e. The number of phenolic OH excluding ortho intramolecular Hbond substituents is 1. The van der Waals surface area contributed by atoms with E-state index in [2.05, 4.69) is 33.5 Å². The zero-order valence-electron chi connectivity index (χ0n) is 9.39. The van der Waals surface area contributed by atoms with Gasteiger partial charge in [-0.1, -0.05) is 29.3 Å². The molecule has 0 aliphatic carbocycles. The van der Waals surface area contributed by atoms with Crippen LogP contribution in [-0.2, 0) is 0 Å². The molecule has 0 saturated heterocycles. The molecule has 0 radical (unpaired) electrons. The van der Waals surface area contributed by atoms with Gasteiger partial charge in [-0.3, -0.25) is 0 Å². The first-order valence-corrected chi connectivity index (χ1v) is 6.47. The van der Waals surface area contributed by atoms with Crippen LogP contribution in [0.5, 0.6) is 5.75 Å². The van der Waals surface area contributed by atoms with Gasteiger partial charge in [-0.2, -0.15) is 0 Å². The van der Waals surface area contributed by atoms with Crippen molar-refractivity contribution in [2.24, 2.45) is 0 Å². The van der Waals surface area contributed by atoms with E-state index in [1.165, 1.54) is 6.07 Å². The molecule has 1 aromatic carbocycles. The summed E-state index contributed by atoms with van der Waals surface area (Å²) < 4.78 is 13.7. The van der Waals surface area contributed by atoms with E-state index < -0.39 is 11.6 Å². The summed E-state index contributed by atoms with van der Waals surface area (Å²) in [4.78, 5) is 0. The molecule has 0 aliphatic heterocycles. The van der Waals surface area contributed by atoms with Crippen LogP contribution in [-0.4, -0.2) is 16.8 Å². The second kappa shape index (κ2) is 6.76. The molecule has 0 heterocycles. The number of halogens is 2. The first kappa shape index (κ1) is 14.2. The van der Waals surface area contributed by atoms with Gasteiger partial charge in [0.2, 0.25) is 0 Å². The molecule has 0 bridgehead atoms. The molecule has 0 saturated carbocycles. The average Bonchev–Trinajstić information content (AvgIpc) is 2.25. The van der Waals surface area contributed by atoms with Gasteiger partial charge in [-0.15, -0.1) is 0 Å². The van der Waals surface area contributed by atoms with Crippen LogP contribution in [0.1, 0.15) is 19.8 Å². The number of rotatable bonds is 4. The average molecular weight is 321 g/mol. The Morgan fingerprint density at radius 2 is 2.24 bits per heavy atom. The Morgan fingerprint density at radius 1 is 1.53 bits per heavy atom. The minimum absolute atomic E-state index is 0.242. The second-order valence-corrected chi connectivity index (χ2v) is 4.84. The predicted octanol–water partition coefficient (Wildman–Crippen LogP) is 3.38. The van der Waals surface area contributed by atoms with Gasteiger partial charge < -0.3 is 15.7 Å². The molecule has 0 amide bonds. The smallest absolute Gasteiger partial charge is 0.175 e. The van der Waals surface area contributed by atoms with Gasteiger partial charge in [0.1, 0.15) is 0 Å². The Labute approximate surface area is 114 Å². The summed E-state index contributed by atoms with van der Waals surface area (Å²) in [5, 5.41) is 15.6. The third-order valence-electron chi connectivity index (χ3n) is 2.09. The molecule has 1 aromatic rings. The summed E-state index contributed by atoms with van der Waals surface area (Å²) in [6.07, 6.45) is 2.06. The summed E-state index contributed by atoms with van der Waals surface area (Å²) >= 11 is 8.17. The third-order valence-corrected chi connectivity index (χ3v) is 2.80. The van der Waals surface area contributed by atoms with E-state index in [1.54, 1.807) is 6.07 Å². The highest BCUT2D eigenvalue weighted by molar-refractivity contribution is 9.10. The van der Waals surface area contributed by atoms with Crippen molar-refractivity contribution in [1.82, 2.24) is 5.32 Å². The summed E-state index contributed by atoms with van der Waals surface area (Å²) in [6, 6.07) is 2.75. The predicted molar refractivity (Wildman–Crippen MR) is 74.9 cm³/mol. The number of benzene rings is 1. The molecule has 3 N–H and O–H groups in total. The SMILES string of the molecule is CCCCNC(=S)Nc1cc(Br)cc(F)c1O. The van der Waals surface area contributed by atoms with Gasteiger partial charge in [-0.25, -0.2) is 4.39 Å². The van der Waals surface area contributed by atoms with Crippen LogP contribution < -0.4 is 10.6 Å². The molecule has 17 heavy (non-hydrogen) atoms. The molecule has 6 heteroatoms. The highest BCUT2D eigenvalue weighted by Gasteiger charge is 2.09. The van der Waals surface area contributed by atoms with Crippen molar-refractivity contribution < 1.29 is 9.50 Å². The monoisotopic (exact) mass is 320 g/mol. The van der Waals surface area contributed by atoms with E-state index in [-0.39, 0.29) is 5.69 Å². The molecule has 0 spiro atoms. The number of unbranched alkanes of at least 4 members (excludes halogenated alkanes) is 1. The van der Waals surface area contributed by atoms with Crippen LogP contribution in [0.15, 0.2) is 16.6 Å². The summed E-state index contributed by atoms with van der Waals surface area (Å²) in [6.45, 7) is 2.83. The molecule has 0 fully saturated rings. The fourth-order valence-electron chi connectivity index (χ4n) is 1.21. The lowest BCUT2D eigenvalue weighted by atomic mass is 10.3. The van der Waals surface area contributed by atoms with E-state index in [0.717, 1.165) is 19.4 Å². The van der Waals surface area contributed by atoms with Crippen LogP contribution in [0.4, 0.5) is 10.1 Å². The first-order valence-electron chi connectivity index (χ1n) is 5.27. The summed E-state index contributed by atoms with van der Waals surface area (Å²) in [5.74, 6) is -1.13. The van der Waals surface area contributed by atoms with Gasteiger partial charge in [0.25, 0.3) is 0 Å². The molecule has 3 nitrogen and oxygen atoms in total. The fourth-order valence-corrected chi connectivity index (χ4v) is 1.85. The number of phenols is 1. The van der Waals surface area contributed by atoms with Crippen molar-refractivity contribution in [3.63, 3.8) is 0 Å². The molecule has 0 aromatic heterocycles. The van der Waals surface area contributed by atoms with Crippen molar-refractivity contribution in [1.29, 1.82) is 0 Å². The van der Waals surface area contributed by atoms with Crippen LogP contribution in [0, 0.1) is 5.82 Å². The molecular weight excluding hydrogens is 307 g/mol. The summed E-state index contributed by atoms with van der Waals surface area (Å²) in [5.41, 5.74) is 0.242. The standard InChI is InChI=1S/C11H14BrFN2OS/c1-2-3-4-14-11(17)15-9-6-7(12)5-8(13)10(9)16/h5-6,16H,2-4H2,1H3,(H2,14,15,17).